The zero-order valence-corrected chi connectivity index (χ0v) is 26.4. The average molecular weight is 510 g/mol. The van der Waals surface area contributed by atoms with Gasteiger partial charge in [-0.3, -0.25) is 0 Å². The Labute approximate surface area is 228 Å². The molecule has 0 aromatic carbocycles. The van der Waals surface area contributed by atoms with Gasteiger partial charge in [0.05, 0.1) is 0 Å². The Balaban J connectivity index is 0.00000106. The van der Waals surface area contributed by atoms with Gasteiger partial charge in [-0.25, -0.2) is 0 Å². The van der Waals surface area contributed by atoms with Gasteiger partial charge in [0.2, 0.25) is 0 Å². The van der Waals surface area contributed by atoms with Crippen LogP contribution in [0.3, 0.4) is 0 Å². The predicted molar refractivity (Wildman–Crippen MR) is 164 cm³/mol. The molecule has 36 heavy (non-hydrogen) atoms. The summed E-state index contributed by atoms with van der Waals surface area (Å²) in [7, 11) is 0. The molecule has 0 heterocycles. The molecule has 0 spiro atoms. The Bertz CT molecular complexity index is 521. The summed E-state index contributed by atoms with van der Waals surface area (Å²) in [5.41, 5.74) is 18.2. The molecule has 3 saturated carbocycles. The van der Waals surface area contributed by atoms with E-state index in [0.29, 0.717) is 10.8 Å². The maximum Gasteiger partial charge on any atom is 0.0211 e. The molecule has 3 fully saturated rings. The van der Waals surface area contributed by atoms with Crippen LogP contribution in [-0.4, -0.2) is 18.6 Å². The van der Waals surface area contributed by atoms with Crippen LogP contribution in [0.1, 0.15) is 165 Å². The summed E-state index contributed by atoms with van der Waals surface area (Å²) < 4.78 is 0. The predicted octanol–water partition coefficient (Wildman–Crippen LogP) is 9.21. The van der Waals surface area contributed by atoms with Gasteiger partial charge in [0.15, 0.2) is 0 Å². The van der Waals surface area contributed by atoms with Crippen molar-refractivity contribution < 1.29 is 0 Å². The summed E-state index contributed by atoms with van der Waals surface area (Å²) >= 11 is 0. The van der Waals surface area contributed by atoms with Crippen LogP contribution >= 0.6 is 0 Å². The molecular weight excluding hydrogens is 438 g/mol. The number of hydrogen-bond acceptors (Lipinski definition) is 3. The Morgan fingerprint density at radius 2 is 1.31 bits per heavy atom. The topological polar surface area (TPSA) is 78.1 Å². The zero-order valence-electron chi connectivity index (χ0n) is 26.4. The van der Waals surface area contributed by atoms with Crippen LogP contribution < -0.4 is 17.2 Å². The molecule has 0 amide bonds. The first kappa shape index (κ1) is 35.9. The van der Waals surface area contributed by atoms with Gasteiger partial charge in [0, 0.05) is 5.54 Å². The molecule has 3 nitrogen and oxygen atoms in total. The van der Waals surface area contributed by atoms with Gasteiger partial charge in [-0.05, 0) is 106 Å². The molecule has 0 aliphatic heterocycles. The van der Waals surface area contributed by atoms with Crippen molar-refractivity contribution in [1.82, 2.24) is 0 Å². The van der Waals surface area contributed by atoms with E-state index in [1.807, 2.05) is 20.8 Å². The van der Waals surface area contributed by atoms with Crippen LogP contribution in [0.15, 0.2) is 0 Å². The van der Waals surface area contributed by atoms with Crippen molar-refractivity contribution in [3.8, 4) is 0 Å². The lowest BCUT2D eigenvalue weighted by atomic mass is 9.53. The summed E-state index contributed by atoms with van der Waals surface area (Å²) in [4.78, 5) is 0. The lowest BCUT2D eigenvalue weighted by Crippen LogP contribution is -2.59. The maximum atomic E-state index is 7.16. The highest BCUT2D eigenvalue weighted by molar-refractivity contribution is 5.06. The van der Waals surface area contributed by atoms with E-state index in [4.69, 9.17) is 17.2 Å². The summed E-state index contributed by atoms with van der Waals surface area (Å²) in [6.45, 7) is 19.8. The van der Waals surface area contributed by atoms with Gasteiger partial charge in [-0.15, -0.1) is 0 Å². The van der Waals surface area contributed by atoms with Crippen molar-refractivity contribution >= 4 is 0 Å². The zero-order chi connectivity index (χ0) is 27.7. The molecule has 3 heteroatoms. The molecule has 3 rings (SSSR count). The Morgan fingerprint density at radius 3 is 1.86 bits per heavy atom. The van der Waals surface area contributed by atoms with Gasteiger partial charge in [0.1, 0.15) is 0 Å². The Kier molecular flexibility index (Phi) is 19.0. The normalized spacial score (nSPS) is 35.9. The number of rotatable bonds is 6. The lowest BCUT2D eigenvalue weighted by molar-refractivity contribution is -0.00776. The summed E-state index contributed by atoms with van der Waals surface area (Å²) in [5, 5.41) is 0. The third-order valence-corrected chi connectivity index (χ3v) is 10.5. The minimum absolute atomic E-state index is 0.109. The van der Waals surface area contributed by atoms with Gasteiger partial charge in [-0.1, -0.05) is 100 Å². The summed E-state index contributed by atoms with van der Waals surface area (Å²) in [6.07, 6.45) is 23.5. The first-order valence-corrected chi connectivity index (χ1v) is 16.4. The molecule has 0 aromatic rings. The third kappa shape index (κ3) is 9.88. The smallest absolute Gasteiger partial charge is 0.0211 e. The van der Waals surface area contributed by atoms with E-state index in [1.165, 1.54) is 109 Å². The van der Waals surface area contributed by atoms with E-state index in [2.05, 4.69) is 34.6 Å². The molecule has 0 aromatic heterocycles. The van der Waals surface area contributed by atoms with Crippen LogP contribution in [0.2, 0.25) is 0 Å². The van der Waals surface area contributed by atoms with Crippen molar-refractivity contribution in [3.05, 3.63) is 0 Å². The fourth-order valence-electron chi connectivity index (χ4n) is 7.72. The van der Waals surface area contributed by atoms with Crippen molar-refractivity contribution in [2.24, 2.45) is 45.8 Å². The fraction of sp³-hybridized carbons (Fsp3) is 1.00. The largest absolute Gasteiger partial charge is 0.331 e. The quantitative estimate of drug-likeness (QED) is 0.312. The molecule has 3 aliphatic carbocycles. The molecule has 0 radical (unpaired) electrons. The summed E-state index contributed by atoms with van der Waals surface area (Å²) in [5.74, 6) is 2.74. The fourth-order valence-corrected chi connectivity index (χ4v) is 7.72. The van der Waals surface area contributed by atoms with E-state index in [0.717, 1.165) is 30.8 Å². The van der Waals surface area contributed by atoms with Crippen molar-refractivity contribution in [1.29, 1.82) is 0 Å². The van der Waals surface area contributed by atoms with Crippen molar-refractivity contribution in [2.75, 3.05) is 13.1 Å². The first-order valence-electron chi connectivity index (χ1n) is 16.4. The van der Waals surface area contributed by atoms with Crippen LogP contribution in [0, 0.1) is 28.6 Å². The molecule has 0 bridgehead atoms. The third-order valence-electron chi connectivity index (χ3n) is 10.5. The van der Waals surface area contributed by atoms with E-state index in [9.17, 15) is 0 Å². The molecule has 6 N–H and O–H groups in total. The van der Waals surface area contributed by atoms with Gasteiger partial charge < -0.3 is 17.2 Å². The Hall–Kier alpha value is -0.120. The standard InChI is InChI=1S/C25H47N.C4H11N.C2H7N.C2H6/c1-5-6-7-11-21-13-14-22-12-10-18-25(26)17-9-8-16-24(25,4)20(2)15-19-23(21,22)3;1-2-3-4-5;1-2-3;1-2/h20-22H,5-19,26H2,1-4H3;2-5H2,1H3;2-3H2,1H3;1-2H3. The number of hydrogen-bond donors (Lipinski definition) is 3. The van der Waals surface area contributed by atoms with Gasteiger partial charge >= 0.3 is 0 Å². The van der Waals surface area contributed by atoms with Gasteiger partial charge in [0.25, 0.3) is 0 Å². The van der Waals surface area contributed by atoms with Crippen LogP contribution in [0.5, 0.6) is 0 Å². The second-order valence-corrected chi connectivity index (χ2v) is 12.6. The molecule has 6 atom stereocenters. The SMILES string of the molecule is CC.CCCCCC1CCC2CCCC3(N)CCCCC3(C)C(C)CCC12C.CCCCN.CCN. The molecule has 218 valence electrons. The van der Waals surface area contributed by atoms with E-state index in [-0.39, 0.29) is 5.54 Å². The summed E-state index contributed by atoms with van der Waals surface area (Å²) in [6, 6.07) is 0. The highest BCUT2D eigenvalue weighted by atomic mass is 14.8. The van der Waals surface area contributed by atoms with Crippen LogP contribution in [0.4, 0.5) is 0 Å². The van der Waals surface area contributed by atoms with E-state index in [1.54, 1.807) is 0 Å². The minimum Gasteiger partial charge on any atom is -0.331 e. The highest BCUT2D eigenvalue weighted by Gasteiger charge is 2.52. The van der Waals surface area contributed by atoms with E-state index >= 15 is 0 Å². The maximum absolute atomic E-state index is 7.16. The number of fused-ring (bicyclic) bond motifs is 2. The number of unbranched alkanes of at least 4 members (excludes halogenated alkanes) is 3. The molecular formula is C33H71N3. The molecule has 0 saturated heterocycles. The highest BCUT2D eigenvalue weighted by Crippen LogP contribution is 2.58. The van der Waals surface area contributed by atoms with E-state index < -0.39 is 0 Å². The first-order chi connectivity index (χ1) is 17.2. The van der Waals surface area contributed by atoms with Gasteiger partial charge in [-0.2, -0.15) is 0 Å². The number of nitrogens with two attached hydrogens (primary N) is 3. The Morgan fingerprint density at radius 1 is 0.722 bits per heavy atom. The van der Waals surface area contributed by atoms with Crippen LogP contribution in [0.25, 0.3) is 0 Å². The molecule has 6 unspecified atom stereocenters. The molecule has 3 aliphatic rings. The second-order valence-electron chi connectivity index (χ2n) is 12.6. The lowest BCUT2D eigenvalue weighted by Gasteiger charge is -2.55. The van der Waals surface area contributed by atoms with Crippen LogP contribution in [-0.2, 0) is 0 Å². The van der Waals surface area contributed by atoms with Crippen molar-refractivity contribution in [2.45, 2.75) is 170 Å². The van der Waals surface area contributed by atoms with Crippen molar-refractivity contribution in [3.63, 3.8) is 0 Å². The second kappa shape index (κ2) is 19.0. The minimum atomic E-state index is 0.109. The monoisotopic (exact) mass is 510 g/mol. The average Bonchev–Trinajstić information content (AvgIpc) is 3.17.